The second kappa shape index (κ2) is 12.0. The van der Waals surface area contributed by atoms with Crippen molar-refractivity contribution < 1.29 is 23.1 Å². The van der Waals surface area contributed by atoms with E-state index in [0.29, 0.717) is 22.8 Å². The van der Waals surface area contributed by atoms with Crippen LogP contribution < -0.4 is 16.4 Å². The van der Waals surface area contributed by atoms with Crippen molar-refractivity contribution in [2.24, 2.45) is 10.7 Å². The average molecular weight is 555 g/mol. The van der Waals surface area contributed by atoms with E-state index in [0.717, 1.165) is 0 Å². The quantitative estimate of drug-likeness (QED) is 0.261. The molecular formula is C24H37F2N8O3P. The monoisotopic (exact) mass is 554 g/mol. The zero-order valence-corrected chi connectivity index (χ0v) is 23.9. The molecule has 0 aliphatic heterocycles. The van der Waals surface area contributed by atoms with E-state index in [1.54, 1.807) is 48.6 Å². The highest BCUT2D eigenvalue weighted by Gasteiger charge is 2.33. The van der Waals surface area contributed by atoms with Crippen molar-refractivity contribution in [2.45, 2.75) is 77.4 Å². The maximum atomic E-state index is 14.1. The minimum atomic E-state index is -3.25. The first-order chi connectivity index (χ1) is 17.4. The van der Waals surface area contributed by atoms with Gasteiger partial charge in [-0.05, 0) is 59.4 Å². The lowest BCUT2D eigenvalue weighted by atomic mass is 10.0. The lowest BCUT2D eigenvalue weighted by Gasteiger charge is -2.30. The molecule has 2 amide bonds. The molecule has 14 heteroatoms. The molecule has 0 aliphatic carbocycles. The van der Waals surface area contributed by atoms with Gasteiger partial charge in [0.25, 0.3) is 0 Å². The molecular weight excluding hydrogens is 517 g/mol. The number of aliphatic imine (C=N–C) groups is 1. The summed E-state index contributed by atoms with van der Waals surface area (Å²) >= 11 is 0. The fourth-order valence-corrected chi connectivity index (χ4v) is 3.67. The summed E-state index contributed by atoms with van der Waals surface area (Å²) < 4.78 is 34.9. The molecule has 0 saturated carbocycles. The summed E-state index contributed by atoms with van der Waals surface area (Å²) in [5, 5.41) is 9.55. The lowest BCUT2D eigenvalue weighted by molar-refractivity contribution is -0.125. The van der Waals surface area contributed by atoms with Gasteiger partial charge in [-0.25, -0.2) is 9.78 Å². The van der Waals surface area contributed by atoms with Gasteiger partial charge < -0.3 is 26.1 Å². The van der Waals surface area contributed by atoms with Crippen molar-refractivity contribution in [1.29, 1.82) is 0 Å². The Morgan fingerprint density at radius 2 is 1.97 bits per heavy atom. The molecule has 0 fully saturated rings. The number of alkyl carbamates (subject to hydrolysis) is 1. The number of carbonyl (C=O) groups excluding carboxylic acids is 2. The molecule has 5 N–H and O–H groups in total. The summed E-state index contributed by atoms with van der Waals surface area (Å²) in [6, 6.07) is 0.212. The van der Waals surface area contributed by atoms with Gasteiger partial charge >= 0.3 is 11.8 Å². The third-order valence-corrected chi connectivity index (χ3v) is 5.36. The Balaban J connectivity index is 2.33. The van der Waals surface area contributed by atoms with Crippen molar-refractivity contribution in [3.8, 4) is 11.4 Å². The van der Waals surface area contributed by atoms with Crippen LogP contribution in [-0.4, -0.2) is 62.2 Å². The minimum absolute atomic E-state index is 0.0298. The minimum Gasteiger partial charge on any atom is -0.444 e. The van der Waals surface area contributed by atoms with Gasteiger partial charge in [-0.2, -0.15) is 13.9 Å². The van der Waals surface area contributed by atoms with Gasteiger partial charge in [-0.1, -0.05) is 9.24 Å². The fraction of sp³-hybridized carbons (Fsp3) is 0.542. The molecule has 2 unspecified atom stereocenters. The smallest absolute Gasteiger partial charge is 0.408 e. The van der Waals surface area contributed by atoms with Gasteiger partial charge in [-0.3, -0.25) is 14.5 Å². The molecule has 11 nitrogen and oxygen atoms in total. The molecule has 0 aliphatic rings. The van der Waals surface area contributed by atoms with Gasteiger partial charge in [0, 0.05) is 19.7 Å². The maximum absolute atomic E-state index is 14.1. The van der Waals surface area contributed by atoms with Crippen molar-refractivity contribution in [2.75, 3.05) is 7.05 Å². The Labute approximate surface area is 223 Å². The number of aromatic amines is 1. The second-order valence-electron chi connectivity index (χ2n) is 10.5. The molecule has 2 aromatic heterocycles. The van der Waals surface area contributed by atoms with E-state index in [1.165, 1.54) is 38.6 Å². The molecule has 2 atom stereocenters. The maximum Gasteiger partial charge on any atom is 0.408 e. The summed E-state index contributed by atoms with van der Waals surface area (Å²) in [7, 11) is 3.03. The fourth-order valence-electron chi connectivity index (χ4n) is 3.53. The number of amides is 2. The predicted octanol–water partition coefficient (Wildman–Crippen LogP) is 3.23. The first-order valence-electron chi connectivity index (χ1n) is 11.9. The number of rotatable bonds is 10. The van der Waals surface area contributed by atoms with Crippen LogP contribution >= 0.6 is 9.24 Å². The van der Waals surface area contributed by atoms with Gasteiger partial charge in [0.2, 0.25) is 5.91 Å². The third kappa shape index (κ3) is 9.20. The molecule has 0 radical (unpaired) electrons. The predicted molar refractivity (Wildman–Crippen MR) is 145 cm³/mol. The molecule has 0 bridgehead atoms. The van der Waals surface area contributed by atoms with E-state index in [9.17, 15) is 18.4 Å². The largest absolute Gasteiger partial charge is 0.444 e. The molecule has 38 heavy (non-hydrogen) atoms. The molecule has 2 rings (SSSR count). The van der Waals surface area contributed by atoms with E-state index < -0.39 is 40.5 Å². The molecule has 0 spiro atoms. The number of carbonyl (C=O) groups is 2. The number of H-pyrrole nitrogens is 1. The van der Waals surface area contributed by atoms with Crippen LogP contribution in [0, 0.1) is 6.92 Å². The Hall–Kier alpha value is -3.34. The van der Waals surface area contributed by atoms with Crippen LogP contribution in [0.5, 0.6) is 0 Å². The molecule has 210 valence electrons. The molecule has 0 aromatic carbocycles. The second-order valence-corrected chi connectivity index (χ2v) is 11.2. The number of nitrogens with one attached hydrogen (secondary N) is 3. The SMILES string of the molecule is CN=C/C(=C\N)CC(NC(=O)OC(C)(C)C)C(=O)NC(C)(C)Cn1nc(C(F)(F)P)cc1-c1cnc(C)[nH]1. The average Bonchev–Trinajstić information content (AvgIpc) is 3.36. The van der Waals surface area contributed by atoms with Crippen molar-refractivity contribution in [3.63, 3.8) is 0 Å². The number of ether oxygens (including phenoxy) is 1. The van der Waals surface area contributed by atoms with Crippen molar-refractivity contribution in [3.05, 3.63) is 35.6 Å². The number of nitrogens with two attached hydrogens (primary N) is 1. The van der Waals surface area contributed by atoms with Gasteiger partial charge in [0.15, 0.2) is 0 Å². The van der Waals surface area contributed by atoms with Gasteiger partial charge in [0.05, 0.1) is 29.7 Å². The number of imidazole rings is 1. The van der Waals surface area contributed by atoms with Gasteiger partial charge in [0.1, 0.15) is 23.2 Å². The van der Waals surface area contributed by atoms with Gasteiger partial charge in [-0.15, -0.1) is 0 Å². The Morgan fingerprint density at radius 3 is 2.47 bits per heavy atom. The van der Waals surface area contributed by atoms with Crippen LogP contribution in [-0.2, 0) is 21.7 Å². The Bertz CT molecular complexity index is 1190. The number of hydrogen-bond donors (Lipinski definition) is 4. The van der Waals surface area contributed by atoms with Crippen molar-refractivity contribution >= 4 is 27.5 Å². The van der Waals surface area contributed by atoms with Crippen LogP contribution in [0.4, 0.5) is 13.6 Å². The number of hydrogen-bond acceptors (Lipinski definition) is 7. The molecule has 2 heterocycles. The summed E-state index contributed by atoms with van der Waals surface area (Å²) in [6.07, 6.45) is 3.56. The zero-order chi connectivity index (χ0) is 28.9. The number of aryl methyl sites for hydroxylation is 1. The highest BCUT2D eigenvalue weighted by atomic mass is 31.0. The first kappa shape index (κ1) is 30.9. The normalized spacial score (nSPS) is 14.0. The van der Waals surface area contributed by atoms with E-state index in [1.807, 2.05) is 0 Å². The number of aromatic nitrogens is 4. The Morgan fingerprint density at radius 1 is 1.32 bits per heavy atom. The topological polar surface area (TPSA) is 152 Å². The number of nitrogens with zero attached hydrogens (tertiary/aromatic N) is 4. The molecule has 2 aromatic rings. The van der Waals surface area contributed by atoms with E-state index in [4.69, 9.17) is 10.5 Å². The summed E-state index contributed by atoms with van der Waals surface area (Å²) in [5.41, 5.74) is 1.59. The lowest BCUT2D eigenvalue weighted by Crippen LogP contribution is -2.55. The first-order valence-corrected chi connectivity index (χ1v) is 12.4. The van der Waals surface area contributed by atoms with Crippen LogP contribution in [0.2, 0.25) is 0 Å². The highest BCUT2D eigenvalue weighted by Crippen LogP contribution is 2.36. The summed E-state index contributed by atoms with van der Waals surface area (Å²) in [6.45, 7) is 10.3. The van der Waals surface area contributed by atoms with Crippen LogP contribution in [0.15, 0.2) is 29.0 Å². The highest BCUT2D eigenvalue weighted by molar-refractivity contribution is 7.17. The third-order valence-electron chi connectivity index (χ3n) is 5.06. The van der Waals surface area contributed by atoms with E-state index in [2.05, 4.69) is 30.7 Å². The zero-order valence-electron chi connectivity index (χ0n) is 22.7. The van der Waals surface area contributed by atoms with Crippen LogP contribution in [0.3, 0.4) is 0 Å². The number of halogens is 2. The van der Waals surface area contributed by atoms with E-state index >= 15 is 0 Å². The summed E-state index contributed by atoms with van der Waals surface area (Å²) in [4.78, 5) is 36.9. The van der Waals surface area contributed by atoms with Crippen LogP contribution in [0.25, 0.3) is 11.4 Å². The summed E-state index contributed by atoms with van der Waals surface area (Å²) in [5.74, 6) is 0.0716. The van der Waals surface area contributed by atoms with Crippen LogP contribution in [0.1, 0.15) is 52.6 Å². The Kier molecular flexibility index (Phi) is 9.77. The standard InChI is InChI=1S/C24H37F2N8O3P/c1-14-29-12-17(30-14)18-9-19(24(25,26)38)33-34(18)13-23(5,6)32-20(35)16(8-15(10-27)11-28-7)31-21(36)37-22(2,3)4/h9-12,16H,8,13,27,38H2,1-7H3,(H,29,30)(H,31,36)(H,32,35)/b15-10-,28-11?. The van der Waals surface area contributed by atoms with Crippen molar-refractivity contribution in [1.82, 2.24) is 30.4 Å². The van der Waals surface area contributed by atoms with E-state index in [-0.39, 0.29) is 13.0 Å². The number of alkyl halides is 2. The molecule has 0 saturated heterocycles.